The highest BCUT2D eigenvalue weighted by molar-refractivity contribution is 5.76. The van der Waals surface area contributed by atoms with E-state index in [1.54, 1.807) is 0 Å². The van der Waals surface area contributed by atoms with E-state index in [0.29, 0.717) is 19.8 Å². The van der Waals surface area contributed by atoms with Gasteiger partial charge in [0.15, 0.2) is 6.10 Å². The van der Waals surface area contributed by atoms with Crippen molar-refractivity contribution in [2.24, 2.45) is 0 Å². The molecular weight excluding hydrogens is 276 g/mol. The molecule has 0 aromatic heterocycles. The lowest BCUT2D eigenvalue weighted by Crippen LogP contribution is -2.27. The predicted molar refractivity (Wildman–Crippen MR) is 78.1 cm³/mol. The van der Waals surface area contributed by atoms with Crippen LogP contribution in [-0.2, 0) is 23.7 Å². The third-order valence-electron chi connectivity index (χ3n) is 2.69. The summed E-state index contributed by atoms with van der Waals surface area (Å²) in [5, 5.41) is 0. The molecule has 0 fully saturated rings. The van der Waals surface area contributed by atoms with E-state index in [1.807, 2.05) is 0 Å². The van der Waals surface area contributed by atoms with Crippen LogP contribution in [-0.4, -0.2) is 44.7 Å². The first-order valence-corrected chi connectivity index (χ1v) is 7.69. The Bertz CT molecular complexity index is 279. The van der Waals surface area contributed by atoms with Gasteiger partial charge in [-0.05, 0) is 19.8 Å². The third-order valence-corrected chi connectivity index (χ3v) is 2.69. The largest absolute Gasteiger partial charge is 0.509 e. The fraction of sp³-hybridized carbons (Fsp3) is 0.867. The van der Waals surface area contributed by atoms with Crippen LogP contribution < -0.4 is 0 Å². The number of unbranched alkanes of at least 4 members (excludes halogenated alkanes) is 3. The van der Waals surface area contributed by atoms with Gasteiger partial charge in [0.1, 0.15) is 6.61 Å². The molecular formula is C15H28O6. The number of carbonyl (C=O) groups is 2. The van der Waals surface area contributed by atoms with E-state index in [-0.39, 0.29) is 6.61 Å². The summed E-state index contributed by atoms with van der Waals surface area (Å²) in [6, 6.07) is 0. The molecule has 0 aliphatic heterocycles. The van der Waals surface area contributed by atoms with Crippen molar-refractivity contribution in [2.75, 3.05) is 26.4 Å². The highest BCUT2D eigenvalue weighted by Crippen LogP contribution is 2.00. The van der Waals surface area contributed by atoms with Gasteiger partial charge in [-0.2, -0.15) is 0 Å². The van der Waals surface area contributed by atoms with Gasteiger partial charge in [-0.3, -0.25) is 0 Å². The van der Waals surface area contributed by atoms with E-state index in [9.17, 15) is 9.59 Å². The number of carbonyl (C=O) groups excluding carboxylic acids is 2. The molecule has 6 heteroatoms. The molecule has 0 N–H and O–H groups in total. The van der Waals surface area contributed by atoms with Crippen LogP contribution in [0.2, 0.25) is 0 Å². The maximum absolute atomic E-state index is 11.5. The van der Waals surface area contributed by atoms with E-state index in [0.717, 1.165) is 32.1 Å². The Morgan fingerprint density at radius 1 is 0.857 bits per heavy atom. The molecule has 1 unspecified atom stereocenters. The van der Waals surface area contributed by atoms with Crippen molar-refractivity contribution >= 4 is 12.1 Å². The van der Waals surface area contributed by atoms with Crippen molar-refractivity contribution in [3.8, 4) is 0 Å². The Morgan fingerprint density at radius 3 is 2.24 bits per heavy atom. The number of ether oxygens (including phenoxy) is 4. The van der Waals surface area contributed by atoms with Gasteiger partial charge in [0, 0.05) is 6.61 Å². The Labute approximate surface area is 127 Å². The number of rotatable bonds is 12. The molecule has 0 bridgehead atoms. The summed E-state index contributed by atoms with van der Waals surface area (Å²) in [5.41, 5.74) is 0. The molecule has 1 atom stereocenters. The molecule has 0 saturated carbocycles. The standard InChI is InChI=1S/C15H28O6/c1-4-6-8-10-20-15(17)21-13(3)14(16)19-12-11-18-9-7-5-2/h13H,4-12H2,1-3H3. The summed E-state index contributed by atoms with van der Waals surface area (Å²) >= 11 is 0. The van der Waals surface area contributed by atoms with Crippen LogP contribution in [0.4, 0.5) is 4.79 Å². The van der Waals surface area contributed by atoms with Gasteiger partial charge in [-0.25, -0.2) is 9.59 Å². The maximum atomic E-state index is 11.5. The molecule has 0 aromatic rings. The van der Waals surface area contributed by atoms with Crippen molar-refractivity contribution in [3.05, 3.63) is 0 Å². The topological polar surface area (TPSA) is 71.1 Å². The smallest absolute Gasteiger partial charge is 0.461 e. The summed E-state index contributed by atoms with van der Waals surface area (Å²) in [6.45, 7) is 7.05. The molecule has 21 heavy (non-hydrogen) atoms. The van der Waals surface area contributed by atoms with E-state index in [2.05, 4.69) is 13.8 Å². The monoisotopic (exact) mass is 304 g/mol. The van der Waals surface area contributed by atoms with Crippen LogP contribution >= 0.6 is 0 Å². The zero-order valence-electron chi connectivity index (χ0n) is 13.4. The average molecular weight is 304 g/mol. The van der Waals surface area contributed by atoms with Crippen molar-refractivity contribution in [1.82, 2.24) is 0 Å². The van der Waals surface area contributed by atoms with Gasteiger partial charge in [0.2, 0.25) is 0 Å². The molecule has 0 radical (unpaired) electrons. The van der Waals surface area contributed by atoms with Crippen molar-refractivity contribution in [1.29, 1.82) is 0 Å². The minimum Gasteiger partial charge on any atom is -0.461 e. The average Bonchev–Trinajstić information content (AvgIpc) is 2.47. The van der Waals surface area contributed by atoms with Gasteiger partial charge >= 0.3 is 12.1 Å². The third kappa shape index (κ3) is 12.2. The van der Waals surface area contributed by atoms with Gasteiger partial charge in [0.25, 0.3) is 0 Å². The quantitative estimate of drug-likeness (QED) is 0.407. The van der Waals surface area contributed by atoms with Crippen molar-refractivity contribution < 1.29 is 28.5 Å². The Balaban J connectivity index is 3.62. The van der Waals surface area contributed by atoms with Gasteiger partial charge in [-0.1, -0.05) is 33.1 Å². The maximum Gasteiger partial charge on any atom is 0.509 e. The number of hydrogen-bond acceptors (Lipinski definition) is 6. The van der Waals surface area contributed by atoms with Crippen LogP contribution in [0.5, 0.6) is 0 Å². The highest BCUT2D eigenvalue weighted by atomic mass is 16.7. The van der Waals surface area contributed by atoms with Gasteiger partial charge in [0.05, 0.1) is 13.2 Å². The van der Waals surface area contributed by atoms with E-state index in [4.69, 9.17) is 18.9 Å². The minimum absolute atomic E-state index is 0.155. The summed E-state index contributed by atoms with van der Waals surface area (Å²) < 4.78 is 19.8. The SMILES string of the molecule is CCCCCOC(=O)OC(C)C(=O)OCCOCCCC. The van der Waals surface area contributed by atoms with Gasteiger partial charge < -0.3 is 18.9 Å². The minimum atomic E-state index is -0.973. The van der Waals surface area contributed by atoms with Crippen molar-refractivity contribution in [3.63, 3.8) is 0 Å². The van der Waals surface area contributed by atoms with Crippen LogP contribution in [0.25, 0.3) is 0 Å². The zero-order valence-corrected chi connectivity index (χ0v) is 13.4. The molecule has 6 nitrogen and oxygen atoms in total. The van der Waals surface area contributed by atoms with Crippen LogP contribution in [0.3, 0.4) is 0 Å². The summed E-state index contributed by atoms with van der Waals surface area (Å²) in [4.78, 5) is 22.8. The second-order valence-corrected chi connectivity index (χ2v) is 4.70. The van der Waals surface area contributed by atoms with E-state index in [1.165, 1.54) is 6.92 Å². The van der Waals surface area contributed by atoms with Crippen LogP contribution in [0.1, 0.15) is 52.9 Å². The molecule has 0 rings (SSSR count). The predicted octanol–water partition coefficient (Wildman–Crippen LogP) is 3.08. The molecule has 124 valence electrons. The van der Waals surface area contributed by atoms with Crippen LogP contribution in [0, 0.1) is 0 Å². The fourth-order valence-electron chi connectivity index (χ4n) is 1.40. The highest BCUT2D eigenvalue weighted by Gasteiger charge is 2.19. The fourth-order valence-corrected chi connectivity index (χ4v) is 1.40. The lowest BCUT2D eigenvalue weighted by molar-refractivity contribution is -0.155. The number of esters is 1. The van der Waals surface area contributed by atoms with E-state index < -0.39 is 18.2 Å². The lowest BCUT2D eigenvalue weighted by atomic mass is 10.3. The molecule has 0 saturated heterocycles. The summed E-state index contributed by atoms with van der Waals surface area (Å²) in [7, 11) is 0. The second-order valence-electron chi connectivity index (χ2n) is 4.70. The normalized spacial score (nSPS) is 11.8. The molecule has 0 spiro atoms. The van der Waals surface area contributed by atoms with Crippen LogP contribution in [0.15, 0.2) is 0 Å². The molecule has 0 aliphatic rings. The van der Waals surface area contributed by atoms with Crippen molar-refractivity contribution in [2.45, 2.75) is 59.0 Å². The first kappa shape index (κ1) is 19.7. The number of hydrogen-bond donors (Lipinski definition) is 0. The van der Waals surface area contributed by atoms with Gasteiger partial charge in [-0.15, -0.1) is 0 Å². The second kappa shape index (κ2) is 13.7. The molecule has 0 aliphatic carbocycles. The Kier molecular flexibility index (Phi) is 12.8. The molecule has 0 amide bonds. The summed E-state index contributed by atoms with van der Waals surface area (Å²) in [5.74, 6) is -0.598. The summed E-state index contributed by atoms with van der Waals surface area (Å²) in [6.07, 6.45) is 3.06. The van der Waals surface area contributed by atoms with E-state index >= 15 is 0 Å². The zero-order chi connectivity index (χ0) is 15.9. The molecule has 0 heterocycles. The Hall–Kier alpha value is -1.30. The Morgan fingerprint density at radius 2 is 1.57 bits per heavy atom. The molecule has 0 aromatic carbocycles. The first-order valence-electron chi connectivity index (χ1n) is 7.69. The lowest BCUT2D eigenvalue weighted by Gasteiger charge is -2.12. The first-order chi connectivity index (χ1) is 10.1.